The second kappa shape index (κ2) is 7.41. The fourth-order valence-electron chi connectivity index (χ4n) is 3.60. The number of phenols is 1. The van der Waals surface area contributed by atoms with Crippen LogP contribution in [-0.4, -0.2) is 61.6 Å². The summed E-state index contributed by atoms with van der Waals surface area (Å²) in [6.45, 7) is 2.20. The molecule has 0 radical (unpaired) electrons. The van der Waals surface area contributed by atoms with E-state index in [1.54, 1.807) is 29.8 Å². The largest absolute Gasteiger partial charge is 0.507 e. The minimum Gasteiger partial charge on any atom is -0.507 e. The highest BCUT2D eigenvalue weighted by atomic mass is 32.1. The Kier molecular flexibility index (Phi) is 4.61. The van der Waals surface area contributed by atoms with Crippen LogP contribution >= 0.6 is 11.3 Å². The first kappa shape index (κ1) is 18.0. The molecule has 0 amide bonds. The molecule has 4 aromatic rings. The van der Waals surface area contributed by atoms with Crippen molar-refractivity contribution in [1.29, 1.82) is 0 Å². The maximum Gasteiger partial charge on any atom is 0.194 e. The summed E-state index contributed by atoms with van der Waals surface area (Å²) in [5, 5.41) is 30.2. The maximum absolute atomic E-state index is 10.5. The highest BCUT2D eigenvalue weighted by Gasteiger charge is 2.18. The zero-order chi connectivity index (χ0) is 19.8. The van der Waals surface area contributed by atoms with Gasteiger partial charge in [0.25, 0.3) is 0 Å². The standard InChI is InChI=1S/C20H21N7OS/c1-27-6-4-14(5-7-27)23-20-24-19-18(29-20)9-16(25-26-19)15-3-2-12(8-17(15)28)13-10-21-22-11-13/h2-3,8-11,14,28H,4-7H2,1H3,(H,21,22)(H,23,24,26). The molecule has 29 heavy (non-hydrogen) atoms. The fraction of sp³-hybridized carbons (Fsp3) is 0.300. The summed E-state index contributed by atoms with van der Waals surface area (Å²) in [4.78, 5) is 6.92. The molecule has 0 unspecified atom stereocenters. The number of nitrogens with zero attached hydrogens (tertiary/aromatic N) is 5. The van der Waals surface area contributed by atoms with E-state index >= 15 is 0 Å². The van der Waals surface area contributed by atoms with Crippen molar-refractivity contribution in [2.75, 3.05) is 25.5 Å². The number of benzene rings is 1. The van der Waals surface area contributed by atoms with E-state index in [0.29, 0.717) is 22.9 Å². The van der Waals surface area contributed by atoms with Crippen molar-refractivity contribution in [2.24, 2.45) is 0 Å². The number of aromatic hydroxyl groups is 1. The van der Waals surface area contributed by atoms with Crippen LogP contribution in [0.25, 0.3) is 32.7 Å². The van der Waals surface area contributed by atoms with Crippen LogP contribution in [0.5, 0.6) is 5.75 Å². The van der Waals surface area contributed by atoms with Crippen LogP contribution < -0.4 is 5.32 Å². The Morgan fingerprint density at radius 3 is 2.79 bits per heavy atom. The summed E-state index contributed by atoms with van der Waals surface area (Å²) in [7, 11) is 2.15. The van der Waals surface area contributed by atoms with E-state index < -0.39 is 0 Å². The van der Waals surface area contributed by atoms with E-state index in [4.69, 9.17) is 0 Å². The normalized spacial score (nSPS) is 15.8. The maximum atomic E-state index is 10.5. The van der Waals surface area contributed by atoms with Crippen LogP contribution in [0.4, 0.5) is 5.13 Å². The van der Waals surface area contributed by atoms with Gasteiger partial charge in [0.15, 0.2) is 10.8 Å². The molecule has 1 fully saturated rings. The molecule has 3 N–H and O–H groups in total. The lowest BCUT2D eigenvalue weighted by atomic mass is 10.0. The molecule has 1 saturated heterocycles. The van der Waals surface area contributed by atoms with Crippen molar-refractivity contribution in [3.05, 3.63) is 36.7 Å². The Labute approximate surface area is 171 Å². The number of phenolic OH excluding ortho intramolecular Hbond substituents is 1. The summed E-state index contributed by atoms with van der Waals surface area (Å²) in [5.74, 6) is 0.159. The molecule has 148 valence electrons. The summed E-state index contributed by atoms with van der Waals surface area (Å²) < 4.78 is 0.948. The molecule has 0 bridgehead atoms. The molecule has 0 saturated carbocycles. The zero-order valence-electron chi connectivity index (χ0n) is 16.0. The van der Waals surface area contributed by atoms with Gasteiger partial charge in [0.05, 0.1) is 16.6 Å². The number of hydrogen-bond acceptors (Lipinski definition) is 8. The van der Waals surface area contributed by atoms with Crippen molar-refractivity contribution in [3.8, 4) is 28.1 Å². The average Bonchev–Trinajstić information content (AvgIpc) is 3.38. The Balaban J connectivity index is 1.40. The van der Waals surface area contributed by atoms with Gasteiger partial charge in [0.1, 0.15) is 5.75 Å². The predicted octanol–water partition coefficient (Wildman–Crippen LogP) is 3.36. The van der Waals surface area contributed by atoms with Gasteiger partial charge in [-0.25, -0.2) is 0 Å². The SMILES string of the molecule is CN1CCC(Nc2nc3nnc(-c4ccc(-c5cn[nH]c5)cc4O)cc3s2)CC1. The number of fused-ring (bicyclic) bond motifs is 1. The van der Waals surface area contributed by atoms with Crippen molar-refractivity contribution < 1.29 is 5.11 Å². The number of hydrogen-bond donors (Lipinski definition) is 3. The average molecular weight is 408 g/mol. The molecule has 0 aliphatic carbocycles. The van der Waals surface area contributed by atoms with E-state index in [9.17, 15) is 5.11 Å². The lowest BCUT2D eigenvalue weighted by molar-refractivity contribution is 0.264. The van der Waals surface area contributed by atoms with E-state index in [2.05, 4.69) is 42.6 Å². The second-order valence-electron chi connectivity index (χ2n) is 7.38. The second-order valence-corrected chi connectivity index (χ2v) is 8.41. The monoisotopic (exact) mass is 407 g/mol. The summed E-state index contributed by atoms with van der Waals surface area (Å²) >= 11 is 1.58. The third-order valence-electron chi connectivity index (χ3n) is 5.31. The molecule has 8 nitrogen and oxygen atoms in total. The smallest absolute Gasteiger partial charge is 0.194 e. The van der Waals surface area contributed by atoms with Gasteiger partial charge in [-0.1, -0.05) is 17.4 Å². The van der Waals surface area contributed by atoms with Gasteiger partial charge in [-0.2, -0.15) is 10.1 Å². The van der Waals surface area contributed by atoms with Crippen LogP contribution in [0.1, 0.15) is 12.8 Å². The van der Waals surface area contributed by atoms with Gasteiger partial charge >= 0.3 is 0 Å². The summed E-state index contributed by atoms with van der Waals surface area (Å²) in [6, 6.07) is 7.88. The number of rotatable bonds is 4. The van der Waals surface area contributed by atoms with Gasteiger partial charge < -0.3 is 15.3 Å². The topological polar surface area (TPSA) is 103 Å². The number of H-pyrrole nitrogens is 1. The van der Waals surface area contributed by atoms with Gasteiger partial charge in [0, 0.05) is 23.4 Å². The number of thiazole rings is 1. The molecule has 4 heterocycles. The number of nitrogens with one attached hydrogen (secondary N) is 2. The highest BCUT2D eigenvalue weighted by molar-refractivity contribution is 7.22. The third kappa shape index (κ3) is 3.66. The van der Waals surface area contributed by atoms with E-state index in [-0.39, 0.29) is 5.75 Å². The molecule has 0 spiro atoms. The zero-order valence-corrected chi connectivity index (χ0v) is 16.8. The molecule has 5 rings (SSSR count). The first-order chi connectivity index (χ1) is 14.2. The first-order valence-electron chi connectivity index (χ1n) is 9.57. The van der Waals surface area contributed by atoms with Gasteiger partial charge in [-0.3, -0.25) is 5.10 Å². The van der Waals surface area contributed by atoms with Gasteiger partial charge in [-0.15, -0.1) is 10.2 Å². The van der Waals surface area contributed by atoms with E-state index in [1.165, 1.54) is 0 Å². The molecule has 3 aromatic heterocycles. The Morgan fingerprint density at radius 1 is 1.17 bits per heavy atom. The number of aromatic amines is 1. The number of anilines is 1. The van der Waals surface area contributed by atoms with Crippen molar-refractivity contribution >= 4 is 26.8 Å². The molecular weight excluding hydrogens is 386 g/mol. The molecule has 1 aromatic carbocycles. The number of likely N-dealkylation sites (tertiary alicyclic amines) is 1. The van der Waals surface area contributed by atoms with E-state index in [0.717, 1.165) is 46.9 Å². The Bertz CT molecular complexity index is 1130. The number of aromatic nitrogens is 5. The molecule has 1 aliphatic heterocycles. The van der Waals surface area contributed by atoms with Crippen molar-refractivity contribution in [3.63, 3.8) is 0 Å². The van der Waals surface area contributed by atoms with Gasteiger partial charge in [-0.05, 0) is 56.7 Å². The predicted molar refractivity (Wildman–Crippen MR) is 114 cm³/mol. The minimum absolute atomic E-state index is 0.159. The molecule has 9 heteroatoms. The summed E-state index contributed by atoms with van der Waals surface area (Å²) in [6.07, 6.45) is 5.73. The van der Waals surface area contributed by atoms with Crippen molar-refractivity contribution in [1.82, 2.24) is 30.3 Å². The van der Waals surface area contributed by atoms with Crippen LogP contribution in [0.15, 0.2) is 36.7 Å². The third-order valence-corrected chi connectivity index (χ3v) is 6.23. The quantitative estimate of drug-likeness (QED) is 0.477. The van der Waals surface area contributed by atoms with Gasteiger partial charge in [0.2, 0.25) is 0 Å². The van der Waals surface area contributed by atoms with E-state index in [1.807, 2.05) is 18.2 Å². The fourth-order valence-corrected chi connectivity index (χ4v) is 4.52. The van der Waals surface area contributed by atoms with Crippen LogP contribution in [0, 0.1) is 0 Å². The lowest BCUT2D eigenvalue weighted by Crippen LogP contribution is -2.36. The van der Waals surface area contributed by atoms with Crippen molar-refractivity contribution in [2.45, 2.75) is 18.9 Å². The minimum atomic E-state index is 0.159. The molecular formula is C20H21N7OS. The number of piperidine rings is 1. The Morgan fingerprint density at radius 2 is 2.03 bits per heavy atom. The van der Waals surface area contributed by atoms with Crippen LogP contribution in [0.3, 0.4) is 0 Å². The Hall–Kier alpha value is -3.04. The highest BCUT2D eigenvalue weighted by Crippen LogP contribution is 2.34. The lowest BCUT2D eigenvalue weighted by Gasteiger charge is -2.29. The molecule has 0 atom stereocenters. The first-order valence-corrected chi connectivity index (χ1v) is 10.4. The van der Waals surface area contributed by atoms with Crippen LogP contribution in [0.2, 0.25) is 0 Å². The molecule has 1 aliphatic rings. The van der Waals surface area contributed by atoms with Crippen LogP contribution in [-0.2, 0) is 0 Å². The summed E-state index contributed by atoms with van der Waals surface area (Å²) in [5.41, 5.74) is 3.70.